The van der Waals surface area contributed by atoms with Gasteiger partial charge in [-0.05, 0) is 32.8 Å². The van der Waals surface area contributed by atoms with Crippen molar-refractivity contribution in [1.82, 2.24) is 14.7 Å². The minimum Gasteiger partial charge on any atom is -0.376 e. The molecule has 2 heterocycles. The number of carbonyl (C=O) groups excluding carboxylic acids is 1. The first-order valence-electron chi connectivity index (χ1n) is 8.89. The molecule has 0 N–H and O–H groups in total. The molecule has 3 rings (SSSR count). The average molecular weight is 341 g/mol. The number of nitrogens with zero attached hydrogens (tertiary/aromatic N) is 3. The van der Waals surface area contributed by atoms with Crippen LogP contribution < -0.4 is 0 Å². The van der Waals surface area contributed by atoms with E-state index in [2.05, 4.69) is 38.0 Å². The van der Waals surface area contributed by atoms with Crippen molar-refractivity contribution in [3.8, 4) is 0 Å². The molecule has 134 valence electrons. The quantitative estimate of drug-likeness (QED) is 0.838. The zero-order chi connectivity index (χ0) is 17.9. The monoisotopic (exact) mass is 341 g/mol. The minimum atomic E-state index is -0.114. The van der Waals surface area contributed by atoms with Gasteiger partial charge in [0.1, 0.15) is 0 Å². The first-order valence-corrected chi connectivity index (χ1v) is 8.89. The zero-order valence-corrected chi connectivity index (χ0v) is 15.3. The molecule has 1 fully saturated rings. The molecule has 5 heteroatoms. The molecular weight excluding hydrogens is 314 g/mol. The van der Waals surface area contributed by atoms with E-state index in [-0.39, 0.29) is 11.4 Å². The Kier molecular flexibility index (Phi) is 5.23. The van der Waals surface area contributed by atoms with Crippen LogP contribution in [0.1, 0.15) is 43.1 Å². The molecule has 0 saturated carbocycles. The number of benzene rings is 1. The van der Waals surface area contributed by atoms with Crippen molar-refractivity contribution in [1.29, 1.82) is 0 Å². The highest BCUT2D eigenvalue weighted by molar-refractivity contribution is 5.93. The van der Waals surface area contributed by atoms with Crippen LogP contribution in [0.4, 0.5) is 0 Å². The van der Waals surface area contributed by atoms with E-state index in [1.165, 1.54) is 5.56 Å². The summed E-state index contributed by atoms with van der Waals surface area (Å²) in [4.78, 5) is 14.6. The standard InChI is InChI=1S/C20H27N3O2/c1-20(2,3)23-13-18(11-21-23)19(24)22-10-9-17(12-22)15-25-14-16-7-5-4-6-8-16/h4-8,11,13,17H,9-10,12,14-15H2,1-3H3/t17-/m1/s1. The van der Waals surface area contributed by atoms with Crippen molar-refractivity contribution >= 4 is 5.91 Å². The second kappa shape index (κ2) is 7.40. The predicted molar refractivity (Wildman–Crippen MR) is 97.3 cm³/mol. The Morgan fingerprint density at radius 2 is 2.04 bits per heavy atom. The van der Waals surface area contributed by atoms with Crippen LogP contribution in [0, 0.1) is 5.92 Å². The first-order chi connectivity index (χ1) is 11.9. The number of aromatic nitrogens is 2. The molecule has 0 unspecified atom stereocenters. The number of carbonyl (C=O) groups is 1. The van der Waals surface area contributed by atoms with Gasteiger partial charge < -0.3 is 9.64 Å². The molecule has 1 aliphatic rings. The first kappa shape index (κ1) is 17.7. The number of ether oxygens (including phenoxy) is 1. The van der Waals surface area contributed by atoms with Crippen LogP contribution in [0.25, 0.3) is 0 Å². The number of hydrogen-bond donors (Lipinski definition) is 0. The predicted octanol–water partition coefficient (Wildman–Crippen LogP) is 3.32. The molecule has 0 radical (unpaired) electrons. The van der Waals surface area contributed by atoms with Crippen molar-refractivity contribution < 1.29 is 9.53 Å². The van der Waals surface area contributed by atoms with E-state index in [1.807, 2.05) is 34.0 Å². The van der Waals surface area contributed by atoms with Crippen LogP contribution in [-0.2, 0) is 16.9 Å². The van der Waals surface area contributed by atoms with E-state index in [0.29, 0.717) is 24.7 Å². The van der Waals surface area contributed by atoms with Crippen LogP contribution in [0.3, 0.4) is 0 Å². The second-order valence-electron chi connectivity index (χ2n) is 7.75. The van der Waals surface area contributed by atoms with E-state index in [0.717, 1.165) is 19.5 Å². The Hall–Kier alpha value is -2.14. The lowest BCUT2D eigenvalue weighted by atomic mass is 10.1. The number of hydrogen-bond acceptors (Lipinski definition) is 3. The average Bonchev–Trinajstić information content (AvgIpc) is 3.24. The summed E-state index contributed by atoms with van der Waals surface area (Å²) in [7, 11) is 0. The number of rotatable bonds is 5. The van der Waals surface area contributed by atoms with Gasteiger partial charge in [-0.1, -0.05) is 30.3 Å². The molecule has 1 aliphatic heterocycles. The summed E-state index contributed by atoms with van der Waals surface area (Å²) in [6.45, 7) is 9.09. The van der Waals surface area contributed by atoms with Crippen LogP contribution in [-0.4, -0.2) is 40.3 Å². The van der Waals surface area contributed by atoms with E-state index in [1.54, 1.807) is 6.20 Å². The van der Waals surface area contributed by atoms with Crippen LogP contribution >= 0.6 is 0 Å². The van der Waals surface area contributed by atoms with E-state index in [9.17, 15) is 4.79 Å². The summed E-state index contributed by atoms with van der Waals surface area (Å²) < 4.78 is 7.68. The lowest BCUT2D eigenvalue weighted by Gasteiger charge is -2.19. The lowest BCUT2D eigenvalue weighted by molar-refractivity contribution is 0.0733. The highest BCUT2D eigenvalue weighted by atomic mass is 16.5. The fourth-order valence-corrected chi connectivity index (χ4v) is 3.05. The largest absolute Gasteiger partial charge is 0.376 e. The maximum absolute atomic E-state index is 12.7. The van der Waals surface area contributed by atoms with Crippen LogP contribution in [0.15, 0.2) is 42.7 Å². The lowest BCUT2D eigenvalue weighted by Crippen LogP contribution is -2.29. The molecule has 1 atom stereocenters. The highest BCUT2D eigenvalue weighted by Gasteiger charge is 2.28. The fourth-order valence-electron chi connectivity index (χ4n) is 3.05. The Labute approximate surface area is 149 Å². The van der Waals surface area contributed by atoms with Gasteiger partial charge in [-0.3, -0.25) is 9.48 Å². The van der Waals surface area contributed by atoms with Crippen LogP contribution in [0.5, 0.6) is 0 Å². The molecule has 0 spiro atoms. The third-order valence-corrected chi connectivity index (χ3v) is 4.56. The van der Waals surface area contributed by atoms with Gasteiger partial charge in [0.25, 0.3) is 5.91 Å². The van der Waals surface area contributed by atoms with Gasteiger partial charge in [0, 0.05) is 25.2 Å². The van der Waals surface area contributed by atoms with Gasteiger partial charge in [0.2, 0.25) is 0 Å². The molecule has 0 bridgehead atoms. The van der Waals surface area contributed by atoms with Crippen molar-refractivity contribution in [3.63, 3.8) is 0 Å². The van der Waals surface area contributed by atoms with E-state index >= 15 is 0 Å². The Balaban J connectivity index is 1.49. The Bertz CT molecular complexity index is 703. The summed E-state index contributed by atoms with van der Waals surface area (Å²) >= 11 is 0. The molecule has 1 amide bonds. The third-order valence-electron chi connectivity index (χ3n) is 4.56. The van der Waals surface area contributed by atoms with Crippen molar-refractivity contribution in [2.75, 3.05) is 19.7 Å². The summed E-state index contributed by atoms with van der Waals surface area (Å²) in [6.07, 6.45) is 4.52. The summed E-state index contributed by atoms with van der Waals surface area (Å²) in [6, 6.07) is 10.2. The van der Waals surface area contributed by atoms with Gasteiger partial charge >= 0.3 is 0 Å². The van der Waals surface area contributed by atoms with Crippen molar-refractivity contribution in [3.05, 3.63) is 53.9 Å². The van der Waals surface area contributed by atoms with Crippen molar-refractivity contribution in [2.45, 2.75) is 39.3 Å². The topological polar surface area (TPSA) is 47.4 Å². The number of amides is 1. The van der Waals surface area contributed by atoms with E-state index < -0.39 is 0 Å². The van der Waals surface area contributed by atoms with Gasteiger partial charge in [-0.25, -0.2) is 0 Å². The number of likely N-dealkylation sites (tertiary alicyclic amines) is 1. The smallest absolute Gasteiger partial charge is 0.257 e. The molecule has 1 aromatic heterocycles. The molecule has 1 saturated heterocycles. The summed E-state index contributed by atoms with van der Waals surface area (Å²) in [5, 5.41) is 4.33. The molecule has 1 aromatic carbocycles. The van der Waals surface area contributed by atoms with Crippen molar-refractivity contribution in [2.24, 2.45) is 5.92 Å². The SMILES string of the molecule is CC(C)(C)n1cc(C(=O)N2CC[C@@H](COCc3ccccc3)C2)cn1. The molecule has 0 aliphatic carbocycles. The second-order valence-corrected chi connectivity index (χ2v) is 7.75. The zero-order valence-electron chi connectivity index (χ0n) is 15.3. The molecular formula is C20H27N3O2. The summed E-state index contributed by atoms with van der Waals surface area (Å²) in [5.41, 5.74) is 1.74. The Morgan fingerprint density at radius 3 is 2.72 bits per heavy atom. The van der Waals surface area contributed by atoms with Crippen LogP contribution in [0.2, 0.25) is 0 Å². The maximum Gasteiger partial charge on any atom is 0.257 e. The highest BCUT2D eigenvalue weighted by Crippen LogP contribution is 2.20. The van der Waals surface area contributed by atoms with Gasteiger partial charge in [0.15, 0.2) is 0 Å². The normalized spacial score (nSPS) is 17.9. The maximum atomic E-state index is 12.7. The fraction of sp³-hybridized carbons (Fsp3) is 0.500. The Morgan fingerprint density at radius 1 is 1.28 bits per heavy atom. The van der Waals surface area contributed by atoms with Gasteiger partial charge in [0.05, 0.1) is 30.5 Å². The van der Waals surface area contributed by atoms with Gasteiger partial charge in [-0.2, -0.15) is 5.10 Å². The summed E-state index contributed by atoms with van der Waals surface area (Å²) in [5.74, 6) is 0.478. The molecule has 2 aromatic rings. The third kappa shape index (κ3) is 4.48. The molecule has 25 heavy (non-hydrogen) atoms. The van der Waals surface area contributed by atoms with Gasteiger partial charge in [-0.15, -0.1) is 0 Å². The van der Waals surface area contributed by atoms with E-state index in [4.69, 9.17) is 4.74 Å². The minimum absolute atomic E-state index is 0.0704. The molecule has 5 nitrogen and oxygen atoms in total.